The van der Waals surface area contributed by atoms with Gasteiger partial charge in [-0.3, -0.25) is 4.79 Å². The number of amides is 1. The van der Waals surface area contributed by atoms with Crippen LogP contribution in [0.5, 0.6) is 11.5 Å². The van der Waals surface area contributed by atoms with Crippen LogP contribution >= 0.6 is 0 Å². The van der Waals surface area contributed by atoms with Crippen LogP contribution in [-0.2, 0) is 14.6 Å². The first-order valence-corrected chi connectivity index (χ1v) is 10.2. The van der Waals surface area contributed by atoms with Crippen LogP contribution in [-0.4, -0.2) is 45.9 Å². The minimum Gasteiger partial charge on any atom is -0.486 e. The number of sulfone groups is 1. The Morgan fingerprint density at radius 1 is 1.28 bits per heavy atom. The third-order valence-electron chi connectivity index (χ3n) is 4.03. The van der Waals surface area contributed by atoms with Crippen molar-refractivity contribution in [3.63, 3.8) is 0 Å². The van der Waals surface area contributed by atoms with Gasteiger partial charge >= 0.3 is 0 Å². The van der Waals surface area contributed by atoms with Gasteiger partial charge in [0, 0.05) is 25.1 Å². The summed E-state index contributed by atoms with van der Waals surface area (Å²) in [6.07, 6.45) is 2.69. The average Bonchev–Trinajstić information content (AvgIpc) is 2.63. The Bertz CT molecular complexity index is 690. The molecule has 0 aromatic heterocycles. The fraction of sp³-hybridized carbons (Fsp3) is 0.588. The molecule has 8 heteroatoms. The summed E-state index contributed by atoms with van der Waals surface area (Å²) in [5.41, 5.74) is 5.64. The second kappa shape index (κ2) is 9.05. The first-order chi connectivity index (χ1) is 12.0. The van der Waals surface area contributed by atoms with Crippen molar-refractivity contribution in [1.29, 1.82) is 0 Å². The van der Waals surface area contributed by atoms with Crippen LogP contribution in [0.4, 0.5) is 0 Å². The molecule has 0 saturated carbocycles. The van der Waals surface area contributed by atoms with Crippen molar-refractivity contribution in [2.45, 2.75) is 43.5 Å². The molecule has 3 N–H and O–H groups in total. The van der Waals surface area contributed by atoms with Crippen LogP contribution in [0.1, 0.15) is 32.6 Å². The van der Waals surface area contributed by atoms with Gasteiger partial charge in [0.05, 0.1) is 10.6 Å². The Balaban J connectivity index is 1.93. The number of rotatable bonds is 9. The zero-order chi connectivity index (χ0) is 18.3. The van der Waals surface area contributed by atoms with E-state index in [0.717, 1.165) is 19.3 Å². The van der Waals surface area contributed by atoms with E-state index in [-0.39, 0.29) is 29.0 Å². The second-order valence-electron chi connectivity index (χ2n) is 6.02. The number of carbonyl (C=O) groups is 1. The summed E-state index contributed by atoms with van der Waals surface area (Å²) in [5, 5.41) is 2.80. The van der Waals surface area contributed by atoms with Crippen LogP contribution in [0.25, 0.3) is 0 Å². The summed E-state index contributed by atoms with van der Waals surface area (Å²) in [7, 11) is -3.58. The molecule has 0 radical (unpaired) electrons. The molecule has 0 aliphatic carbocycles. The smallest absolute Gasteiger partial charge is 0.221 e. The number of ether oxygens (including phenoxy) is 2. The molecule has 1 heterocycles. The quantitative estimate of drug-likeness (QED) is 0.677. The third kappa shape index (κ3) is 5.61. The first kappa shape index (κ1) is 19.5. The summed E-state index contributed by atoms with van der Waals surface area (Å²) in [4.78, 5) is 12.1. The normalized spacial score (nSPS) is 14.8. The Hall–Kier alpha value is -1.80. The zero-order valence-corrected chi connectivity index (χ0v) is 15.3. The molecule has 1 aliphatic heterocycles. The molecule has 1 atom stereocenters. The van der Waals surface area contributed by atoms with Crippen molar-refractivity contribution in [1.82, 2.24) is 5.32 Å². The molecule has 0 spiro atoms. The highest BCUT2D eigenvalue weighted by molar-refractivity contribution is 7.91. The molecular formula is C17H26N2O5S. The second-order valence-corrected chi connectivity index (χ2v) is 8.13. The number of nitrogens with one attached hydrogen (secondary N) is 1. The minimum absolute atomic E-state index is 0.0978. The van der Waals surface area contributed by atoms with E-state index in [1.54, 1.807) is 6.07 Å². The summed E-state index contributed by atoms with van der Waals surface area (Å²) >= 11 is 0. The van der Waals surface area contributed by atoms with E-state index in [1.165, 1.54) is 12.1 Å². The van der Waals surface area contributed by atoms with Gasteiger partial charge in [0.2, 0.25) is 5.91 Å². The van der Waals surface area contributed by atoms with E-state index in [1.807, 2.05) is 0 Å². The fourth-order valence-electron chi connectivity index (χ4n) is 2.56. The lowest BCUT2D eigenvalue weighted by atomic mass is 10.1. The summed E-state index contributed by atoms with van der Waals surface area (Å²) in [6.45, 7) is 3.24. The maximum absolute atomic E-state index is 12.4. The van der Waals surface area contributed by atoms with Crippen LogP contribution in [0.15, 0.2) is 23.1 Å². The van der Waals surface area contributed by atoms with Gasteiger partial charge in [0.25, 0.3) is 0 Å². The number of nitrogens with two attached hydrogens (primary N) is 1. The monoisotopic (exact) mass is 370 g/mol. The molecular weight excluding hydrogens is 344 g/mol. The first-order valence-electron chi connectivity index (χ1n) is 8.58. The fourth-order valence-corrected chi connectivity index (χ4v) is 3.81. The van der Waals surface area contributed by atoms with Gasteiger partial charge in [0.1, 0.15) is 13.2 Å². The predicted molar refractivity (Wildman–Crippen MR) is 94.6 cm³/mol. The van der Waals surface area contributed by atoms with Crippen molar-refractivity contribution in [3.05, 3.63) is 18.2 Å². The van der Waals surface area contributed by atoms with E-state index in [4.69, 9.17) is 15.2 Å². The summed E-state index contributed by atoms with van der Waals surface area (Å²) in [5.74, 6) is 0.390. The Kier molecular flexibility index (Phi) is 7.07. The highest BCUT2D eigenvalue weighted by atomic mass is 32.2. The van der Waals surface area contributed by atoms with E-state index >= 15 is 0 Å². The van der Waals surface area contributed by atoms with Crippen LogP contribution < -0.4 is 20.5 Å². The lowest BCUT2D eigenvalue weighted by Gasteiger charge is -2.19. The molecule has 1 amide bonds. The van der Waals surface area contributed by atoms with Gasteiger partial charge in [-0.15, -0.1) is 0 Å². The SMILES string of the molecule is CCCCC(CN)NC(=O)CCS(=O)(=O)c1ccc2c(c1)OCCO2. The van der Waals surface area contributed by atoms with Crippen LogP contribution in [0.3, 0.4) is 0 Å². The summed E-state index contributed by atoms with van der Waals surface area (Å²) in [6, 6.07) is 4.40. The molecule has 25 heavy (non-hydrogen) atoms. The average molecular weight is 370 g/mol. The van der Waals surface area contributed by atoms with Crippen molar-refractivity contribution >= 4 is 15.7 Å². The third-order valence-corrected chi connectivity index (χ3v) is 5.74. The number of benzene rings is 1. The number of hydrogen-bond acceptors (Lipinski definition) is 6. The Morgan fingerprint density at radius 2 is 2.00 bits per heavy atom. The molecule has 7 nitrogen and oxygen atoms in total. The van der Waals surface area contributed by atoms with Crippen molar-refractivity contribution in [2.75, 3.05) is 25.5 Å². The van der Waals surface area contributed by atoms with Crippen molar-refractivity contribution in [2.24, 2.45) is 5.73 Å². The molecule has 0 saturated heterocycles. The Labute approximate surface area is 148 Å². The molecule has 140 valence electrons. The van der Waals surface area contributed by atoms with Gasteiger partial charge in [-0.2, -0.15) is 0 Å². The molecule has 0 bridgehead atoms. The van der Waals surface area contributed by atoms with Gasteiger partial charge in [-0.05, 0) is 18.6 Å². The van der Waals surface area contributed by atoms with Gasteiger partial charge in [-0.25, -0.2) is 8.42 Å². The highest BCUT2D eigenvalue weighted by Crippen LogP contribution is 2.32. The van der Waals surface area contributed by atoms with Crippen LogP contribution in [0.2, 0.25) is 0 Å². The van der Waals surface area contributed by atoms with E-state index in [0.29, 0.717) is 31.3 Å². The molecule has 1 aromatic carbocycles. The van der Waals surface area contributed by atoms with Crippen molar-refractivity contribution < 1.29 is 22.7 Å². The van der Waals surface area contributed by atoms with E-state index < -0.39 is 9.84 Å². The highest BCUT2D eigenvalue weighted by Gasteiger charge is 2.21. The molecule has 1 unspecified atom stereocenters. The lowest BCUT2D eigenvalue weighted by molar-refractivity contribution is -0.121. The van der Waals surface area contributed by atoms with E-state index in [2.05, 4.69) is 12.2 Å². The topological polar surface area (TPSA) is 108 Å². The number of carbonyl (C=O) groups excluding carboxylic acids is 1. The number of unbranched alkanes of at least 4 members (excludes halogenated alkanes) is 1. The predicted octanol–water partition coefficient (Wildman–Crippen LogP) is 1.26. The largest absolute Gasteiger partial charge is 0.486 e. The maximum Gasteiger partial charge on any atom is 0.221 e. The molecule has 1 aromatic rings. The molecule has 1 aliphatic rings. The standard InChI is InChI=1S/C17H26N2O5S/c1-2-3-4-13(12-18)19-17(20)7-10-25(21,22)14-5-6-15-16(11-14)24-9-8-23-15/h5-6,11,13H,2-4,7-10,12,18H2,1H3,(H,19,20). The summed E-state index contributed by atoms with van der Waals surface area (Å²) < 4.78 is 35.7. The number of hydrogen-bond donors (Lipinski definition) is 2. The van der Waals surface area contributed by atoms with Crippen molar-refractivity contribution in [3.8, 4) is 11.5 Å². The van der Waals surface area contributed by atoms with Gasteiger partial charge in [-0.1, -0.05) is 19.8 Å². The van der Waals surface area contributed by atoms with E-state index in [9.17, 15) is 13.2 Å². The maximum atomic E-state index is 12.4. The minimum atomic E-state index is -3.58. The van der Waals surface area contributed by atoms with Gasteiger partial charge in [0.15, 0.2) is 21.3 Å². The lowest BCUT2D eigenvalue weighted by Crippen LogP contribution is -2.40. The van der Waals surface area contributed by atoms with Crippen LogP contribution in [0, 0.1) is 0 Å². The Morgan fingerprint density at radius 3 is 2.68 bits per heavy atom. The zero-order valence-electron chi connectivity index (χ0n) is 14.5. The molecule has 2 rings (SSSR count). The van der Waals surface area contributed by atoms with Gasteiger partial charge < -0.3 is 20.5 Å². The molecule has 0 fully saturated rings. The number of fused-ring (bicyclic) bond motifs is 1.